The molecule has 0 aromatic heterocycles. The number of rotatable bonds is 5. The predicted molar refractivity (Wildman–Crippen MR) is 60.3 cm³/mol. The highest BCUT2D eigenvalue weighted by molar-refractivity contribution is 7.89. The second-order valence-electron chi connectivity index (χ2n) is 3.34. The van der Waals surface area contributed by atoms with Gasteiger partial charge in [-0.1, -0.05) is 36.0 Å². The quantitative estimate of drug-likeness (QED) is 0.710. The highest BCUT2D eigenvalue weighted by atomic mass is 32.2. The van der Waals surface area contributed by atoms with Crippen LogP contribution in [0.2, 0.25) is 0 Å². The molecule has 0 unspecified atom stereocenters. The molecule has 0 aliphatic rings. The zero-order valence-corrected chi connectivity index (χ0v) is 9.47. The molecule has 0 atom stereocenters. The average molecular weight is 215 g/mol. The normalized spacial score (nSPS) is 13.5. The van der Waals surface area contributed by atoms with Crippen LogP contribution in [-0.2, 0) is 10.0 Å². The van der Waals surface area contributed by atoms with Crippen LogP contribution in [0.1, 0.15) is 20.3 Å². The first-order valence-electron chi connectivity index (χ1n) is 4.31. The summed E-state index contributed by atoms with van der Waals surface area (Å²) in [7, 11) is -3.34. The van der Waals surface area contributed by atoms with Gasteiger partial charge in [-0.15, -0.1) is 0 Å². The van der Waals surface area contributed by atoms with E-state index in [0.717, 1.165) is 11.1 Å². The Kier molecular flexibility index (Phi) is 5.42. The van der Waals surface area contributed by atoms with Crippen molar-refractivity contribution in [2.24, 2.45) is 5.14 Å². The Morgan fingerprint density at radius 3 is 2.43 bits per heavy atom. The third-order valence-electron chi connectivity index (χ3n) is 1.54. The van der Waals surface area contributed by atoms with Crippen molar-refractivity contribution in [1.29, 1.82) is 0 Å². The second-order valence-corrected chi connectivity index (χ2v) is 5.07. The fourth-order valence-electron chi connectivity index (χ4n) is 0.763. The Morgan fingerprint density at radius 2 is 2.00 bits per heavy atom. The predicted octanol–water partition coefficient (Wildman–Crippen LogP) is 1.74. The largest absolute Gasteiger partial charge is 0.229 e. The SMILES string of the molecule is C=C(C)/C=C\C=C(/C)CCS(N)(=O)=O. The summed E-state index contributed by atoms with van der Waals surface area (Å²) in [6.07, 6.45) is 6.04. The number of hydrogen-bond donors (Lipinski definition) is 1. The molecule has 0 aliphatic heterocycles. The van der Waals surface area contributed by atoms with Crippen LogP contribution in [0.4, 0.5) is 0 Å². The minimum absolute atomic E-state index is 0.00373. The van der Waals surface area contributed by atoms with Crippen molar-refractivity contribution >= 4 is 10.0 Å². The Hall–Kier alpha value is -0.870. The molecular weight excluding hydrogens is 198 g/mol. The van der Waals surface area contributed by atoms with Crippen molar-refractivity contribution in [2.45, 2.75) is 20.3 Å². The average Bonchev–Trinajstić information content (AvgIpc) is 1.99. The zero-order chi connectivity index (χ0) is 11.2. The van der Waals surface area contributed by atoms with Gasteiger partial charge in [-0.25, -0.2) is 13.6 Å². The van der Waals surface area contributed by atoms with E-state index in [-0.39, 0.29) is 5.75 Å². The Morgan fingerprint density at radius 1 is 1.43 bits per heavy atom. The number of hydrogen-bond acceptors (Lipinski definition) is 2. The first-order valence-corrected chi connectivity index (χ1v) is 6.02. The molecule has 0 amide bonds. The van der Waals surface area contributed by atoms with Gasteiger partial charge in [0.1, 0.15) is 0 Å². The summed E-state index contributed by atoms with van der Waals surface area (Å²) in [6, 6.07) is 0. The first kappa shape index (κ1) is 13.1. The van der Waals surface area contributed by atoms with Gasteiger partial charge < -0.3 is 0 Å². The van der Waals surface area contributed by atoms with Gasteiger partial charge in [0.2, 0.25) is 10.0 Å². The number of primary sulfonamides is 1. The van der Waals surface area contributed by atoms with Gasteiger partial charge in [-0.3, -0.25) is 0 Å². The van der Waals surface area contributed by atoms with Crippen LogP contribution in [0.3, 0.4) is 0 Å². The zero-order valence-electron chi connectivity index (χ0n) is 8.66. The summed E-state index contributed by atoms with van der Waals surface area (Å²) in [4.78, 5) is 0. The maximum absolute atomic E-state index is 10.6. The molecule has 0 aromatic carbocycles. The second kappa shape index (κ2) is 5.78. The van der Waals surface area contributed by atoms with Gasteiger partial charge in [0.15, 0.2) is 0 Å². The molecule has 0 spiro atoms. The van der Waals surface area contributed by atoms with E-state index in [4.69, 9.17) is 5.14 Å². The van der Waals surface area contributed by atoms with E-state index in [0.29, 0.717) is 6.42 Å². The van der Waals surface area contributed by atoms with Crippen molar-refractivity contribution in [3.05, 3.63) is 36.0 Å². The molecule has 80 valence electrons. The monoisotopic (exact) mass is 215 g/mol. The van der Waals surface area contributed by atoms with Gasteiger partial charge in [0, 0.05) is 0 Å². The Balaban J connectivity index is 4.09. The van der Waals surface area contributed by atoms with Gasteiger partial charge >= 0.3 is 0 Å². The van der Waals surface area contributed by atoms with E-state index in [1.807, 2.05) is 32.1 Å². The third kappa shape index (κ3) is 9.22. The van der Waals surface area contributed by atoms with Gasteiger partial charge in [0.05, 0.1) is 5.75 Å². The molecule has 0 fully saturated rings. The summed E-state index contributed by atoms with van der Waals surface area (Å²) in [6.45, 7) is 7.47. The fourth-order valence-corrected chi connectivity index (χ4v) is 1.37. The topological polar surface area (TPSA) is 60.2 Å². The van der Waals surface area contributed by atoms with Crippen LogP contribution in [0.15, 0.2) is 36.0 Å². The van der Waals surface area contributed by atoms with E-state index in [9.17, 15) is 8.42 Å². The van der Waals surface area contributed by atoms with Crippen LogP contribution in [0.25, 0.3) is 0 Å². The molecule has 3 nitrogen and oxygen atoms in total. The van der Waals surface area contributed by atoms with E-state index < -0.39 is 10.0 Å². The fraction of sp³-hybridized carbons (Fsp3) is 0.400. The molecule has 0 aromatic rings. The summed E-state index contributed by atoms with van der Waals surface area (Å²) in [5.74, 6) is -0.00373. The summed E-state index contributed by atoms with van der Waals surface area (Å²) in [5.41, 5.74) is 1.94. The van der Waals surface area contributed by atoms with Crippen molar-refractivity contribution in [2.75, 3.05) is 5.75 Å². The molecule has 2 N–H and O–H groups in total. The van der Waals surface area contributed by atoms with E-state index in [1.165, 1.54) is 0 Å². The minimum atomic E-state index is -3.34. The van der Waals surface area contributed by atoms with Crippen LogP contribution in [0.5, 0.6) is 0 Å². The van der Waals surface area contributed by atoms with E-state index >= 15 is 0 Å². The van der Waals surface area contributed by atoms with E-state index in [2.05, 4.69) is 6.58 Å². The maximum atomic E-state index is 10.6. The number of allylic oxidation sites excluding steroid dienone is 5. The lowest BCUT2D eigenvalue weighted by Crippen LogP contribution is -2.16. The molecule has 0 rings (SSSR count). The standard InChI is InChI=1S/C10H17NO2S/c1-9(2)5-4-6-10(3)7-8-14(11,12)13/h4-6H,1,7-8H2,2-3H3,(H2,11,12,13)/b5-4-,10-6+. The highest BCUT2D eigenvalue weighted by Gasteiger charge is 2.01. The molecule has 0 radical (unpaired) electrons. The van der Waals surface area contributed by atoms with Crippen molar-refractivity contribution < 1.29 is 8.42 Å². The van der Waals surface area contributed by atoms with Crippen LogP contribution < -0.4 is 5.14 Å². The smallest absolute Gasteiger partial charge is 0.209 e. The highest BCUT2D eigenvalue weighted by Crippen LogP contribution is 2.02. The van der Waals surface area contributed by atoms with Gasteiger partial charge in [0.25, 0.3) is 0 Å². The van der Waals surface area contributed by atoms with E-state index in [1.54, 1.807) is 0 Å². The Labute approximate surface area is 86.1 Å². The van der Waals surface area contributed by atoms with Crippen molar-refractivity contribution in [3.8, 4) is 0 Å². The maximum Gasteiger partial charge on any atom is 0.209 e. The van der Waals surface area contributed by atoms with Gasteiger partial charge in [-0.2, -0.15) is 0 Å². The summed E-state index contributed by atoms with van der Waals surface area (Å²) < 4.78 is 21.3. The number of nitrogens with two attached hydrogens (primary N) is 1. The molecule has 0 aliphatic carbocycles. The lowest BCUT2D eigenvalue weighted by molar-refractivity contribution is 0.597. The van der Waals surface area contributed by atoms with Crippen molar-refractivity contribution in [1.82, 2.24) is 0 Å². The minimum Gasteiger partial charge on any atom is -0.229 e. The lowest BCUT2D eigenvalue weighted by Gasteiger charge is -1.97. The van der Waals surface area contributed by atoms with Crippen LogP contribution in [0, 0.1) is 0 Å². The van der Waals surface area contributed by atoms with Crippen LogP contribution >= 0.6 is 0 Å². The Bertz CT molecular complexity index is 350. The van der Waals surface area contributed by atoms with Crippen LogP contribution in [-0.4, -0.2) is 14.2 Å². The molecule has 0 bridgehead atoms. The van der Waals surface area contributed by atoms with Gasteiger partial charge in [-0.05, 0) is 20.3 Å². The lowest BCUT2D eigenvalue weighted by atomic mass is 10.2. The molecule has 0 saturated carbocycles. The molecule has 14 heavy (non-hydrogen) atoms. The first-order chi connectivity index (χ1) is 6.31. The molecule has 0 saturated heterocycles. The van der Waals surface area contributed by atoms with Crippen molar-refractivity contribution in [3.63, 3.8) is 0 Å². The molecule has 0 heterocycles. The third-order valence-corrected chi connectivity index (χ3v) is 2.32. The molecular formula is C10H17NO2S. The molecule has 4 heteroatoms. The summed E-state index contributed by atoms with van der Waals surface area (Å²) >= 11 is 0. The summed E-state index contributed by atoms with van der Waals surface area (Å²) in [5, 5.41) is 4.87. The number of sulfonamides is 1.